The molecule has 1 heterocycles. The van der Waals surface area contributed by atoms with Crippen LogP contribution in [0.25, 0.3) is 10.8 Å². The lowest BCUT2D eigenvalue weighted by atomic mass is 9.93. The van der Waals surface area contributed by atoms with Crippen molar-refractivity contribution in [3.05, 3.63) is 40.3 Å². The number of pyridine rings is 1. The van der Waals surface area contributed by atoms with Crippen molar-refractivity contribution in [1.82, 2.24) is 10.3 Å². The van der Waals surface area contributed by atoms with E-state index in [1.54, 1.807) is 6.20 Å². The quantitative estimate of drug-likeness (QED) is 0.912. The molecule has 0 saturated heterocycles. The van der Waals surface area contributed by atoms with E-state index in [9.17, 15) is 4.79 Å². The Hall–Kier alpha value is -1.81. The fraction of sp³-hybridized carbons (Fsp3) is 0.500. The van der Waals surface area contributed by atoms with Crippen LogP contribution in [-0.4, -0.2) is 23.7 Å². The zero-order valence-corrected chi connectivity index (χ0v) is 13.3. The fourth-order valence-corrected chi connectivity index (χ4v) is 3.30. The van der Waals surface area contributed by atoms with Gasteiger partial charge in [-0.2, -0.15) is 0 Å². The Labute approximate surface area is 130 Å². The van der Waals surface area contributed by atoms with Crippen LogP contribution >= 0.6 is 0 Å². The zero-order chi connectivity index (χ0) is 15.5. The van der Waals surface area contributed by atoms with Gasteiger partial charge in [-0.25, -0.2) is 0 Å². The number of aromatic nitrogens is 1. The topological polar surface area (TPSA) is 54.1 Å². The van der Waals surface area contributed by atoms with E-state index in [2.05, 4.69) is 17.2 Å². The van der Waals surface area contributed by atoms with Gasteiger partial charge in [-0.1, -0.05) is 6.92 Å². The molecule has 1 fully saturated rings. The Morgan fingerprint density at radius 2 is 2.05 bits per heavy atom. The Balaban J connectivity index is 1.74. The molecule has 1 aromatic heterocycles. The van der Waals surface area contributed by atoms with E-state index < -0.39 is 0 Å². The van der Waals surface area contributed by atoms with Crippen LogP contribution < -0.4 is 15.6 Å². The van der Waals surface area contributed by atoms with Gasteiger partial charge in [-0.15, -0.1) is 0 Å². The van der Waals surface area contributed by atoms with Gasteiger partial charge in [0.25, 0.3) is 5.56 Å². The molecule has 22 heavy (non-hydrogen) atoms. The Kier molecular flexibility index (Phi) is 4.48. The number of benzene rings is 1. The third-order valence-electron chi connectivity index (χ3n) is 4.53. The summed E-state index contributed by atoms with van der Waals surface area (Å²) in [7, 11) is 0. The van der Waals surface area contributed by atoms with E-state index in [4.69, 9.17) is 4.74 Å². The molecule has 4 nitrogen and oxygen atoms in total. The van der Waals surface area contributed by atoms with Crippen LogP contribution in [0.1, 0.15) is 38.2 Å². The second-order valence-electron chi connectivity index (χ2n) is 6.16. The average Bonchev–Trinajstić information content (AvgIpc) is 2.51. The Morgan fingerprint density at radius 3 is 2.77 bits per heavy atom. The second-order valence-corrected chi connectivity index (χ2v) is 6.16. The van der Waals surface area contributed by atoms with E-state index in [1.165, 1.54) is 12.8 Å². The van der Waals surface area contributed by atoms with Crippen molar-refractivity contribution in [2.75, 3.05) is 6.54 Å². The number of hydrogen-bond acceptors (Lipinski definition) is 3. The van der Waals surface area contributed by atoms with Crippen molar-refractivity contribution in [1.29, 1.82) is 0 Å². The third kappa shape index (κ3) is 3.17. The van der Waals surface area contributed by atoms with E-state index in [1.807, 2.05) is 25.1 Å². The monoisotopic (exact) mass is 300 g/mol. The Morgan fingerprint density at radius 1 is 1.27 bits per heavy atom. The molecule has 0 aliphatic heterocycles. The highest BCUT2D eigenvalue weighted by Gasteiger charge is 2.22. The van der Waals surface area contributed by atoms with Gasteiger partial charge < -0.3 is 15.0 Å². The van der Waals surface area contributed by atoms with E-state index in [-0.39, 0.29) is 11.7 Å². The molecule has 0 atom stereocenters. The smallest absolute Gasteiger partial charge is 0.255 e. The van der Waals surface area contributed by atoms with Crippen LogP contribution in [0.2, 0.25) is 0 Å². The molecule has 0 amide bonds. The molecule has 1 saturated carbocycles. The standard InChI is InChI=1S/C18H24N2O2/c1-3-19-14-4-6-15(7-5-14)22-17-11-13-8-9-20-18(21)16(13)10-12(17)2/h8-11,14-15,19H,3-7H2,1-2H3,(H,20,21). The molecule has 4 heteroatoms. The van der Waals surface area contributed by atoms with Crippen molar-refractivity contribution in [3.8, 4) is 5.75 Å². The van der Waals surface area contributed by atoms with Crippen LogP contribution in [0.5, 0.6) is 5.75 Å². The highest BCUT2D eigenvalue weighted by molar-refractivity contribution is 5.83. The number of rotatable bonds is 4. The molecule has 2 N–H and O–H groups in total. The number of nitrogens with one attached hydrogen (secondary N) is 2. The molecule has 118 valence electrons. The summed E-state index contributed by atoms with van der Waals surface area (Å²) in [6.07, 6.45) is 6.49. The van der Waals surface area contributed by atoms with Crippen LogP contribution in [0.4, 0.5) is 0 Å². The second kappa shape index (κ2) is 6.53. The summed E-state index contributed by atoms with van der Waals surface area (Å²) in [5.74, 6) is 0.907. The van der Waals surface area contributed by atoms with Gasteiger partial charge in [-0.05, 0) is 68.3 Å². The molecule has 0 radical (unpaired) electrons. The zero-order valence-electron chi connectivity index (χ0n) is 13.3. The van der Waals surface area contributed by atoms with Gasteiger partial charge in [0, 0.05) is 17.6 Å². The van der Waals surface area contributed by atoms with Crippen LogP contribution in [-0.2, 0) is 0 Å². The summed E-state index contributed by atoms with van der Waals surface area (Å²) in [5.41, 5.74) is 0.983. The van der Waals surface area contributed by atoms with Crippen LogP contribution in [0.3, 0.4) is 0 Å². The molecule has 1 aliphatic rings. The molecule has 2 aromatic rings. The molecule has 1 aromatic carbocycles. The lowest BCUT2D eigenvalue weighted by Gasteiger charge is -2.29. The van der Waals surface area contributed by atoms with Crippen molar-refractivity contribution < 1.29 is 4.74 Å². The van der Waals surface area contributed by atoms with Crippen molar-refractivity contribution in [3.63, 3.8) is 0 Å². The minimum atomic E-state index is -0.0432. The van der Waals surface area contributed by atoms with E-state index >= 15 is 0 Å². The highest BCUT2D eigenvalue weighted by atomic mass is 16.5. The molecular formula is C18H24N2O2. The van der Waals surface area contributed by atoms with Crippen LogP contribution in [0, 0.1) is 6.92 Å². The number of aromatic amines is 1. The fourth-order valence-electron chi connectivity index (χ4n) is 3.30. The summed E-state index contributed by atoms with van der Waals surface area (Å²) in [4.78, 5) is 14.5. The van der Waals surface area contributed by atoms with Gasteiger partial charge >= 0.3 is 0 Å². The average molecular weight is 300 g/mol. The normalized spacial score (nSPS) is 21.9. The largest absolute Gasteiger partial charge is 0.490 e. The molecular weight excluding hydrogens is 276 g/mol. The minimum Gasteiger partial charge on any atom is -0.490 e. The highest BCUT2D eigenvalue weighted by Crippen LogP contribution is 2.28. The summed E-state index contributed by atoms with van der Waals surface area (Å²) < 4.78 is 6.22. The lowest BCUT2D eigenvalue weighted by molar-refractivity contribution is 0.139. The van der Waals surface area contributed by atoms with Gasteiger partial charge in [0.05, 0.1) is 6.10 Å². The van der Waals surface area contributed by atoms with Crippen LogP contribution in [0.15, 0.2) is 29.2 Å². The first kappa shape index (κ1) is 15.1. The number of ether oxygens (including phenoxy) is 1. The molecule has 3 rings (SSSR count). The maximum atomic E-state index is 11.8. The van der Waals surface area contributed by atoms with Gasteiger partial charge in [-0.3, -0.25) is 4.79 Å². The summed E-state index contributed by atoms with van der Waals surface area (Å²) >= 11 is 0. The van der Waals surface area contributed by atoms with Crippen molar-refractivity contribution in [2.24, 2.45) is 0 Å². The first-order valence-electron chi connectivity index (χ1n) is 8.19. The number of H-pyrrole nitrogens is 1. The molecule has 0 unspecified atom stereocenters. The van der Waals surface area contributed by atoms with Crippen molar-refractivity contribution >= 4 is 10.8 Å². The third-order valence-corrected chi connectivity index (χ3v) is 4.53. The molecule has 0 bridgehead atoms. The maximum Gasteiger partial charge on any atom is 0.255 e. The maximum absolute atomic E-state index is 11.8. The van der Waals surface area contributed by atoms with Gasteiger partial charge in [0.15, 0.2) is 0 Å². The van der Waals surface area contributed by atoms with Gasteiger partial charge in [0.1, 0.15) is 5.75 Å². The van der Waals surface area contributed by atoms with Gasteiger partial charge in [0.2, 0.25) is 0 Å². The summed E-state index contributed by atoms with van der Waals surface area (Å²) in [5, 5.41) is 5.18. The summed E-state index contributed by atoms with van der Waals surface area (Å²) in [6, 6.07) is 6.48. The predicted octanol–water partition coefficient (Wildman–Crippen LogP) is 3.14. The Bertz CT molecular complexity index is 700. The van der Waals surface area contributed by atoms with E-state index in [0.717, 1.165) is 41.5 Å². The minimum absolute atomic E-state index is 0.0432. The number of fused-ring (bicyclic) bond motifs is 1. The first-order valence-corrected chi connectivity index (χ1v) is 8.19. The predicted molar refractivity (Wildman–Crippen MR) is 89.7 cm³/mol. The summed E-state index contributed by atoms with van der Waals surface area (Å²) in [6.45, 7) is 5.20. The SMILES string of the molecule is CCNC1CCC(Oc2cc3cc[nH]c(=O)c3cc2C)CC1. The van der Waals surface area contributed by atoms with Crippen molar-refractivity contribution in [2.45, 2.75) is 51.7 Å². The first-order chi connectivity index (χ1) is 10.7. The lowest BCUT2D eigenvalue weighted by Crippen LogP contribution is -2.36. The molecule has 1 aliphatic carbocycles. The number of hydrogen-bond donors (Lipinski definition) is 2. The number of aryl methyl sites for hydroxylation is 1. The van der Waals surface area contributed by atoms with E-state index in [0.29, 0.717) is 6.04 Å². The molecule has 0 spiro atoms.